The lowest BCUT2D eigenvalue weighted by atomic mass is 10.3. The first-order chi connectivity index (χ1) is 11.9. The lowest BCUT2D eigenvalue weighted by molar-refractivity contribution is 0.411. The minimum absolute atomic E-state index is 0.0738. The smallest absolute Gasteiger partial charge is 0.262 e. The lowest BCUT2D eigenvalue weighted by Crippen LogP contribution is -2.15. The Kier molecular flexibility index (Phi) is 4.98. The average molecular weight is 444 g/mol. The van der Waals surface area contributed by atoms with Gasteiger partial charge in [-0.15, -0.1) is 0 Å². The van der Waals surface area contributed by atoms with Gasteiger partial charge < -0.3 is 4.74 Å². The molecule has 0 bridgehead atoms. The summed E-state index contributed by atoms with van der Waals surface area (Å²) in [6, 6.07) is 9.27. The van der Waals surface area contributed by atoms with E-state index in [9.17, 15) is 8.42 Å². The Balaban J connectivity index is 2.01. The van der Waals surface area contributed by atoms with Gasteiger partial charge in [0.15, 0.2) is 0 Å². The van der Waals surface area contributed by atoms with Crippen molar-refractivity contribution in [2.24, 2.45) is 0 Å². The molecular formula is C15H12BrClN4O3S. The number of aromatic nitrogens is 3. The Morgan fingerprint density at radius 3 is 2.68 bits per heavy atom. The second-order valence-corrected chi connectivity index (χ2v) is 7.88. The van der Waals surface area contributed by atoms with Crippen LogP contribution < -0.4 is 9.46 Å². The third kappa shape index (κ3) is 3.78. The van der Waals surface area contributed by atoms with Crippen molar-refractivity contribution in [3.8, 4) is 11.4 Å². The second-order valence-electron chi connectivity index (χ2n) is 4.90. The number of methoxy groups -OCH3 is 1. The first-order valence-electron chi connectivity index (χ1n) is 6.91. The Morgan fingerprint density at radius 1 is 1.24 bits per heavy atom. The SMILES string of the molecule is COc1ccc(S(=O)(=O)Nc2cc(Cl)ccc2-n2cncn2)cc1Br. The fourth-order valence-electron chi connectivity index (χ4n) is 2.14. The van der Waals surface area contributed by atoms with E-state index in [1.165, 1.54) is 42.6 Å². The van der Waals surface area contributed by atoms with Crippen LogP contribution in [0.15, 0.2) is 58.4 Å². The fourth-order valence-corrected chi connectivity index (χ4v) is 4.10. The number of halogens is 2. The summed E-state index contributed by atoms with van der Waals surface area (Å²) in [7, 11) is -2.34. The largest absolute Gasteiger partial charge is 0.496 e. The zero-order valence-corrected chi connectivity index (χ0v) is 16.0. The van der Waals surface area contributed by atoms with Crippen LogP contribution in [0.4, 0.5) is 5.69 Å². The summed E-state index contributed by atoms with van der Waals surface area (Å²) in [5.74, 6) is 0.532. The number of sulfonamides is 1. The highest BCUT2D eigenvalue weighted by molar-refractivity contribution is 9.10. The molecule has 0 aliphatic carbocycles. The molecule has 1 aromatic heterocycles. The van der Waals surface area contributed by atoms with Gasteiger partial charge in [0.1, 0.15) is 18.4 Å². The lowest BCUT2D eigenvalue weighted by Gasteiger charge is -2.13. The van der Waals surface area contributed by atoms with Crippen LogP contribution in [0.5, 0.6) is 5.75 Å². The van der Waals surface area contributed by atoms with Gasteiger partial charge in [0.25, 0.3) is 10.0 Å². The highest BCUT2D eigenvalue weighted by atomic mass is 79.9. The minimum Gasteiger partial charge on any atom is -0.496 e. The third-order valence-electron chi connectivity index (χ3n) is 3.30. The van der Waals surface area contributed by atoms with E-state index in [-0.39, 0.29) is 10.6 Å². The molecule has 0 aliphatic rings. The molecule has 1 heterocycles. The van der Waals surface area contributed by atoms with Gasteiger partial charge in [-0.05, 0) is 52.3 Å². The predicted molar refractivity (Wildman–Crippen MR) is 97.9 cm³/mol. The van der Waals surface area contributed by atoms with E-state index in [0.717, 1.165) is 0 Å². The number of rotatable bonds is 5. The molecule has 0 radical (unpaired) electrons. The molecule has 3 aromatic rings. The number of anilines is 1. The molecule has 0 saturated carbocycles. The first-order valence-corrected chi connectivity index (χ1v) is 9.57. The van der Waals surface area contributed by atoms with Crippen LogP contribution >= 0.6 is 27.5 Å². The maximum absolute atomic E-state index is 12.7. The van der Waals surface area contributed by atoms with Crippen LogP contribution in [0.2, 0.25) is 5.02 Å². The Hall–Kier alpha value is -2.10. The Labute approximate surface area is 157 Å². The van der Waals surface area contributed by atoms with Gasteiger partial charge in [0.2, 0.25) is 0 Å². The highest BCUT2D eigenvalue weighted by Crippen LogP contribution is 2.30. The summed E-state index contributed by atoms with van der Waals surface area (Å²) in [5, 5.41) is 4.41. The number of nitrogens with zero attached hydrogens (tertiary/aromatic N) is 3. The molecule has 0 saturated heterocycles. The number of ether oxygens (including phenoxy) is 1. The summed E-state index contributed by atoms with van der Waals surface area (Å²) in [4.78, 5) is 3.94. The maximum Gasteiger partial charge on any atom is 0.262 e. The summed E-state index contributed by atoms with van der Waals surface area (Å²) in [5.41, 5.74) is 0.781. The van der Waals surface area contributed by atoms with E-state index in [0.29, 0.717) is 20.9 Å². The number of hydrogen-bond donors (Lipinski definition) is 1. The maximum atomic E-state index is 12.7. The molecule has 130 valence electrons. The van der Waals surface area contributed by atoms with Crippen molar-refractivity contribution in [3.05, 3.63) is 58.5 Å². The first kappa shape index (κ1) is 17.7. The molecule has 25 heavy (non-hydrogen) atoms. The molecule has 0 fully saturated rings. The predicted octanol–water partition coefficient (Wildman–Crippen LogP) is 3.49. The van der Waals surface area contributed by atoms with E-state index in [2.05, 4.69) is 30.7 Å². The normalized spacial score (nSPS) is 11.3. The quantitative estimate of drug-likeness (QED) is 0.652. The van der Waals surface area contributed by atoms with Gasteiger partial charge in [-0.25, -0.2) is 18.1 Å². The van der Waals surface area contributed by atoms with Crippen LogP contribution in [0, 0.1) is 0 Å². The van der Waals surface area contributed by atoms with Gasteiger partial charge in [-0.1, -0.05) is 11.6 Å². The molecule has 3 rings (SSSR count). The summed E-state index contributed by atoms with van der Waals surface area (Å²) < 4.78 is 35.1. The summed E-state index contributed by atoms with van der Waals surface area (Å²) >= 11 is 9.30. The van der Waals surface area contributed by atoms with E-state index >= 15 is 0 Å². The molecule has 2 aromatic carbocycles. The highest BCUT2D eigenvalue weighted by Gasteiger charge is 2.19. The molecule has 0 unspecified atom stereocenters. The molecule has 0 atom stereocenters. The number of nitrogens with one attached hydrogen (secondary N) is 1. The van der Waals surface area contributed by atoms with E-state index in [1.807, 2.05) is 0 Å². The molecule has 0 aliphatic heterocycles. The van der Waals surface area contributed by atoms with Crippen molar-refractivity contribution in [1.29, 1.82) is 0 Å². The molecule has 7 nitrogen and oxygen atoms in total. The van der Waals surface area contributed by atoms with Crippen molar-refractivity contribution in [1.82, 2.24) is 14.8 Å². The van der Waals surface area contributed by atoms with Gasteiger partial charge in [0, 0.05) is 5.02 Å². The van der Waals surface area contributed by atoms with Crippen LogP contribution in [0.25, 0.3) is 5.69 Å². The second kappa shape index (κ2) is 7.03. The molecular weight excluding hydrogens is 432 g/mol. The van der Waals surface area contributed by atoms with Gasteiger partial charge >= 0.3 is 0 Å². The average Bonchev–Trinajstić information content (AvgIpc) is 3.08. The molecule has 0 spiro atoms. The van der Waals surface area contributed by atoms with Gasteiger partial charge in [0.05, 0.1) is 27.9 Å². The zero-order valence-electron chi connectivity index (χ0n) is 12.8. The van der Waals surface area contributed by atoms with Crippen molar-refractivity contribution in [3.63, 3.8) is 0 Å². The minimum atomic E-state index is -3.85. The Morgan fingerprint density at radius 2 is 2.04 bits per heavy atom. The third-order valence-corrected chi connectivity index (χ3v) is 5.52. The standard InChI is InChI=1S/C15H12BrClN4O3S/c1-24-15-5-3-11(7-12(15)16)25(22,23)20-13-6-10(17)2-4-14(13)21-9-18-8-19-21/h2-9,20H,1H3. The molecule has 0 amide bonds. The van der Waals surface area contributed by atoms with Gasteiger partial charge in [-0.2, -0.15) is 5.10 Å². The monoisotopic (exact) mass is 442 g/mol. The van der Waals surface area contributed by atoms with Crippen LogP contribution in [0.1, 0.15) is 0 Å². The van der Waals surface area contributed by atoms with Crippen LogP contribution in [-0.4, -0.2) is 30.3 Å². The van der Waals surface area contributed by atoms with Crippen LogP contribution in [-0.2, 0) is 10.0 Å². The van der Waals surface area contributed by atoms with Crippen molar-refractivity contribution in [2.75, 3.05) is 11.8 Å². The van der Waals surface area contributed by atoms with Crippen molar-refractivity contribution >= 4 is 43.2 Å². The topological polar surface area (TPSA) is 86.1 Å². The molecule has 1 N–H and O–H groups in total. The Bertz CT molecular complexity index is 1010. The number of hydrogen-bond acceptors (Lipinski definition) is 5. The molecule has 10 heteroatoms. The summed E-state index contributed by atoms with van der Waals surface area (Å²) in [6.07, 6.45) is 2.82. The fraction of sp³-hybridized carbons (Fsp3) is 0.0667. The van der Waals surface area contributed by atoms with E-state index in [4.69, 9.17) is 16.3 Å². The number of benzene rings is 2. The van der Waals surface area contributed by atoms with E-state index in [1.54, 1.807) is 18.2 Å². The van der Waals surface area contributed by atoms with E-state index < -0.39 is 10.0 Å². The zero-order chi connectivity index (χ0) is 18.0. The summed E-state index contributed by atoms with van der Waals surface area (Å²) in [6.45, 7) is 0. The van der Waals surface area contributed by atoms with Crippen molar-refractivity contribution in [2.45, 2.75) is 4.90 Å². The van der Waals surface area contributed by atoms with Crippen LogP contribution in [0.3, 0.4) is 0 Å². The van der Waals surface area contributed by atoms with Crippen molar-refractivity contribution < 1.29 is 13.2 Å². The van der Waals surface area contributed by atoms with Gasteiger partial charge in [-0.3, -0.25) is 4.72 Å².